The van der Waals surface area contributed by atoms with Gasteiger partial charge in [0.25, 0.3) is 0 Å². The average Bonchev–Trinajstić information content (AvgIpc) is 2.77. The van der Waals surface area contributed by atoms with Gasteiger partial charge in [-0.2, -0.15) is 5.10 Å². The Morgan fingerprint density at radius 1 is 1.42 bits per heavy atom. The van der Waals surface area contributed by atoms with E-state index < -0.39 is 0 Å². The zero-order chi connectivity index (χ0) is 13.8. The summed E-state index contributed by atoms with van der Waals surface area (Å²) in [7, 11) is 1.86. The van der Waals surface area contributed by atoms with Crippen LogP contribution in [0.5, 0.6) is 0 Å². The number of aromatic nitrogens is 2. The van der Waals surface area contributed by atoms with Gasteiger partial charge in [0.1, 0.15) is 6.04 Å². The van der Waals surface area contributed by atoms with E-state index in [0.717, 1.165) is 24.4 Å². The summed E-state index contributed by atoms with van der Waals surface area (Å²) in [4.78, 5) is 12.1. The molecule has 5 nitrogen and oxygen atoms in total. The lowest BCUT2D eigenvalue weighted by atomic mass is 9.87. The van der Waals surface area contributed by atoms with Crippen molar-refractivity contribution in [3.63, 3.8) is 0 Å². The Bertz CT molecular complexity index is 421. The van der Waals surface area contributed by atoms with E-state index in [4.69, 9.17) is 0 Å². The van der Waals surface area contributed by atoms with Crippen LogP contribution in [0.3, 0.4) is 0 Å². The third-order valence-corrected chi connectivity index (χ3v) is 3.84. The molecule has 1 aromatic rings. The van der Waals surface area contributed by atoms with Gasteiger partial charge in [-0.05, 0) is 38.5 Å². The van der Waals surface area contributed by atoms with E-state index in [2.05, 4.69) is 22.7 Å². The molecule has 1 aliphatic carbocycles. The summed E-state index contributed by atoms with van der Waals surface area (Å²) in [6.45, 7) is 4.17. The summed E-state index contributed by atoms with van der Waals surface area (Å²) in [5, 5.41) is 10.4. The van der Waals surface area contributed by atoms with Crippen LogP contribution in [0, 0.1) is 5.92 Å². The van der Waals surface area contributed by atoms with Crippen molar-refractivity contribution in [2.24, 2.45) is 13.0 Å². The van der Waals surface area contributed by atoms with Gasteiger partial charge in [0, 0.05) is 19.3 Å². The summed E-state index contributed by atoms with van der Waals surface area (Å²) in [6, 6.07) is 0.116. The number of aryl methyl sites for hydroxylation is 1. The Kier molecular flexibility index (Phi) is 4.45. The Labute approximate surface area is 114 Å². The second kappa shape index (κ2) is 6.08. The molecule has 2 rings (SSSR count). The summed E-state index contributed by atoms with van der Waals surface area (Å²) in [5.74, 6) is 0.877. The zero-order valence-electron chi connectivity index (χ0n) is 12.0. The van der Waals surface area contributed by atoms with Crippen molar-refractivity contribution in [3.8, 4) is 0 Å². The molecule has 0 bridgehead atoms. The predicted octanol–water partition coefficient (Wildman–Crippen LogP) is 1.92. The predicted molar refractivity (Wildman–Crippen MR) is 75.9 cm³/mol. The Hall–Kier alpha value is -1.52. The minimum absolute atomic E-state index is 0.0726. The Morgan fingerprint density at radius 3 is 2.68 bits per heavy atom. The zero-order valence-corrected chi connectivity index (χ0v) is 12.0. The molecule has 1 aromatic heterocycles. The number of anilines is 1. The molecule has 1 heterocycles. The van der Waals surface area contributed by atoms with Gasteiger partial charge < -0.3 is 10.6 Å². The van der Waals surface area contributed by atoms with E-state index in [9.17, 15) is 4.79 Å². The third-order valence-electron chi connectivity index (χ3n) is 3.84. The molecule has 0 radical (unpaired) electrons. The van der Waals surface area contributed by atoms with Crippen molar-refractivity contribution in [1.82, 2.24) is 15.1 Å². The summed E-state index contributed by atoms with van der Waals surface area (Å²) in [6.07, 6.45) is 8.24. The van der Waals surface area contributed by atoms with Gasteiger partial charge in [-0.1, -0.05) is 6.92 Å². The van der Waals surface area contributed by atoms with Gasteiger partial charge in [0.15, 0.2) is 0 Å². The lowest BCUT2D eigenvalue weighted by molar-refractivity contribution is -0.122. The molecule has 1 aliphatic rings. The van der Waals surface area contributed by atoms with Crippen molar-refractivity contribution in [3.05, 3.63) is 12.4 Å². The van der Waals surface area contributed by atoms with E-state index in [1.807, 2.05) is 20.2 Å². The highest BCUT2D eigenvalue weighted by molar-refractivity contribution is 5.84. The second-order valence-corrected chi connectivity index (χ2v) is 5.73. The molecule has 0 aliphatic heterocycles. The van der Waals surface area contributed by atoms with Crippen molar-refractivity contribution < 1.29 is 4.79 Å². The number of rotatable bonds is 4. The summed E-state index contributed by atoms with van der Waals surface area (Å²) < 4.78 is 1.72. The number of carbonyl (C=O) groups excluding carboxylic acids is 1. The first kappa shape index (κ1) is 13.9. The van der Waals surface area contributed by atoms with Crippen LogP contribution in [0.2, 0.25) is 0 Å². The molecule has 0 spiro atoms. The highest BCUT2D eigenvalue weighted by Crippen LogP contribution is 2.23. The van der Waals surface area contributed by atoms with E-state index >= 15 is 0 Å². The molecular weight excluding hydrogens is 240 g/mol. The van der Waals surface area contributed by atoms with Gasteiger partial charge in [-0.3, -0.25) is 9.48 Å². The maximum atomic E-state index is 12.1. The number of hydrogen-bond donors (Lipinski definition) is 2. The van der Waals surface area contributed by atoms with Gasteiger partial charge in [-0.25, -0.2) is 0 Å². The number of nitrogens with zero attached hydrogens (tertiary/aromatic N) is 2. The van der Waals surface area contributed by atoms with Gasteiger partial charge in [0.2, 0.25) is 5.91 Å². The van der Waals surface area contributed by atoms with E-state index in [1.165, 1.54) is 12.8 Å². The Morgan fingerprint density at radius 2 is 2.11 bits per heavy atom. The van der Waals surface area contributed by atoms with Crippen LogP contribution in [0.1, 0.15) is 39.5 Å². The third kappa shape index (κ3) is 3.98. The van der Waals surface area contributed by atoms with Crippen molar-refractivity contribution in [1.29, 1.82) is 0 Å². The molecule has 19 heavy (non-hydrogen) atoms. The lowest BCUT2D eigenvalue weighted by Crippen LogP contribution is -2.44. The Balaban J connectivity index is 1.79. The van der Waals surface area contributed by atoms with Crippen LogP contribution >= 0.6 is 0 Å². The van der Waals surface area contributed by atoms with Gasteiger partial charge in [0.05, 0.1) is 11.9 Å². The monoisotopic (exact) mass is 264 g/mol. The quantitative estimate of drug-likeness (QED) is 0.873. The lowest BCUT2D eigenvalue weighted by Gasteiger charge is -2.28. The van der Waals surface area contributed by atoms with Crippen LogP contribution in [-0.2, 0) is 11.8 Å². The molecule has 0 unspecified atom stereocenters. The molecule has 1 saturated carbocycles. The fourth-order valence-electron chi connectivity index (χ4n) is 2.54. The topological polar surface area (TPSA) is 59.0 Å². The van der Waals surface area contributed by atoms with Crippen LogP contribution in [0.15, 0.2) is 12.4 Å². The molecule has 1 fully saturated rings. The molecule has 106 valence electrons. The normalized spacial score (nSPS) is 24.8. The first-order valence-corrected chi connectivity index (χ1v) is 7.10. The number of amides is 1. The van der Waals surface area contributed by atoms with Crippen molar-refractivity contribution in [2.75, 3.05) is 5.32 Å². The molecule has 0 aromatic carbocycles. The fourth-order valence-corrected chi connectivity index (χ4v) is 2.54. The van der Waals surface area contributed by atoms with E-state index in [0.29, 0.717) is 6.04 Å². The first-order chi connectivity index (χ1) is 9.04. The standard InChI is InChI=1S/C14H24N4O/c1-10-4-6-12(7-5-10)17-14(19)11(2)16-13-8-15-18(3)9-13/h8-12,16H,4-7H2,1-3H3,(H,17,19)/t10?,11-,12?/m0/s1. The molecule has 2 N–H and O–H groups in total. The molecule has 1 amide bonds. The largest absolute Gasteiger partial charge is 0.371 e. The van der Waals surface area contributed by atoms with Gasteiger partial charge in [-0.15, -0.1) is 0 Å². The van der Waals surface area contributed by atoms with Crippen molar-refractivity contribution in [2.45, 2.75) is 51.6 Å². The summed E-state index contributed by atoms with van der Waals surface area (Å²) in [5.41, 5.74) is 0.877. The molecule has 0 saturated heterocycles. The highest BCUT2D eigenvalue weighted by Gasteiger charge is 2.22. The van der Waals surface area contributed by atoms with Gasteiger partial charge >= 0.3 is 0 Å². The minimum atomic E-state index is -0.233. The van der Waals surface area contributed by atoms with E-state index in [-0.39, 0.29) is 11.9 Å². The first-order valence-electron chi connectivity index (χ1n) is 7.10. The maximum Gasteiger partial charge on any atom is 0.242 e. The molecular formula is C14H24N4O. The maximum absolute atomic E-state index is 12.1. The SMILES string of the molecule is CC1CCC(NC(=O)[C@H](C)Nc2cnn(C)c2)CC1. The number of hydrogen-bond acceptors (Lipinski definition) is 3. The van der Waals surface area contributed by atoms with Crippen LogP contribution in [0.25, 0.3) is 0 Å². The number of carbonyl (C=O) groups is 1. The van der Waals surface area contributed by atoms with E-state index in [1.54, 1.807) is 10.9 Å². The minimum Gasteiger partial charge on any atom is -0.371 e. The smallest absolute Gasteiger partial charge is 0.242 e. The summed E-state index contributed by atoms with van der Waals surface area (Å²) >= 11 is 0. The second-order valence-electron chi connectivity index (χ2n) is 5.73. The number of nitrogens with one attached hydrogen (secondary N) is 2. The molecule has 5 heteroatoms. The molecule has 1 atom stereocenters. The average molecular weight is 264 g/mol. The van der Waals surface area contributed by atoms with Crippen molar-refractivity contribution >= 4 is 11.6 Å². The highest BCUT2D eigenvalue weighted by atomic mass is 16.2. The fraction of sp³-hybridized carbons (Fsp3) is 0.714. The van der Waals surface area contributed by atoms with Crippen LogP contribution in [-0.4, -0.2) is 27.8 Å². The van der Waals surface area contributed by atoms with Crippen LogP contribution < -0.4 is 10.6 Å². The van der Waals surface area contributed by atoms with Crippen LogP contribution in [0.4, 0.5) is 5.69 Å².